The maximum absolute atomic E-state index is 8.63. The van der Waals surface area contributed by atoms with E-state index in [1.54, 1.807) is 24.3 Å². The Hall–Kier alpha value is -0.240. The second-order valence-electron chi connectivity index (χ2n) is 1.34. The van der Waals surface area contributed by atoms with Crippen LogP contribution in [0.4, 0.5) is 0 Å². The Morgan fingerprint density at radius 1 is 1.00 bits per heavy atom. The van der Waals surface area contributed by atoms with E-state index in [0.29, 0.717) is 5.75 Å². The summed E-state index contributed by atoms with van der Waals surface area (Å²) >= 11 is 0. The van der Waals surface area contributed by atoms with Gasteiger partial charge in [-0.05, 0) is 12.1 Å². The van der Waals surface area contributed by atoms with Crippen LogP contribution in [0.2, 0.25) is 0 Å². The van der Waals surface area contributed by atoms with Crippen molar-refractivity contribution >= 4 is 0 Å². The zero-order chi connectivity index (χ0) is 5.11. The summed E-state index contributed by atoms with van der Waals surface area (Å²) in [6.07, 6.45) is 0. The Balaban J connectivity index is 0.000000490. The molecule has 0 aliphatic heterocycles. The van der Waals surface area contributed by atoms with Gasteiger partial charge in [0.25, 0.3) is 0 Å². The Morgan fingerprint density at radius 3 is 1.75 bits per heavy atom. The minimum absolute atomic E-state index is 0. The molecule has 0 spiro atoms. The van der Waals surface area contributed by atoms with Gasteiger partial charge in [-0.3, -0.25) is 0 Å². The molecule has 0 aliphatic carbocycles. The van der Waals surface area contributed by atoms with E-state index in [4.69, 9.17) is 5.11 Å². The van der Waals surface area contributed by atoms with Crippen molar-refractivity contribution in [1.82, 2.24) is 0 Å². The molecular formula is C6H6AgO. The van der Waals surface area contributed by atoms with Gasteiger partial charge in [0.1, 0.15) is 5.75 Å². The van der Waals surface area contributed by atoms with E-state index < -0.39 is 0 Å². The molecule has 0 saturated heterocycles. The number of aromatic hydroxyl groups is 1. The number of rotatable bonds is 0. The summed E-state index contributed by atoms with van der Waals surface area (Å²) in [6, 6.07) is 8.71. The van der Waals surface area contributed by atoms with Crippen LogP contribution in [0.1, 0.15) is 0 Å². The first-order valence-corrected chi connectivity index (χ1v) is 2.13. The first-order chi connectivity index (χ1) is 3.39. The van der Waals surface area contributed by atoms with Gasteiger partial charge in [-0.1, -0.05) is 18.2 Å². The third-order valence-corrected chi connectivity index (χ3v) is 0.756. The molecule has 1 rings (SSSR count). The van der Waals surface area contributed by atoms with Gasteiger partial charge in [0.05, 0.1) is 0 Å². The molecule has 0 fully saturated rings. The Morgan fingerprint density at radius 2 is 1.50 bits per heavy atom. The van der Waals surface area contributed by atoms with Crippen LogP contribution in [0.5, 0.6) is 5.75 Å². The van der Waals surface area contributed by atoms with Crippen LogP contribution in [-0.4, -0.2) is 5.11 Å². The summed E-state index contributed by atoms with van der Waals surface area (Å²) in [7, 11) is 0. The largest absolute Gasteiger partial charge is 0.508 e. The molecule has 1 N–H and O–H groups in total. The van der Waals surface area contributed by atoms with E-state index in [2.05, 4.69) is 0 Å². The summed E-state index contributed by atoms with van der Waals surface area (Å²) < 4.78 is 0. The monoisotopic (exact) mass is 201 g/mol. The SMILES string of the molecule is Oc1ccccc1.[Ag]. The van der Waals surface area contributed by atoms with Crippen molar-refractivity contribution in [2.75, 3.05) is 0 Å². The van der Waals surface area contributed by atoms with Crippen LogP contribution in [0.25, 0.3) is 0 Å². The van der Waals surface area contributed by atoms with Crippen molar-refractivity contribution in [2.45, 2.75) is 0 Å². The van der Waals surface area contributed by atoms with E-state index in [0.717, 1.165) is 0 Å². The quantitative estimate of drug-likeness (QED) is 0.630. The standard InChI is InChI=1S/C6H6O.Ag/c7-6-4-2-1-3-5-6;/h1-5,7H;. The minimum Gasteiger partial charge on any atom is -0.508 e. The average Bonchev–Trinajstić information content (AvgIpc) is 1.69. The maximum atomic E-state index is 8.63. The third kappa shape index (κ3) is 2.17. The molecule has 0 atom stereocenters. The van der Waals surface area contributed by atoms with Crippen LogP contribution >= 0.6 is 0 Å². The molecule has 0 heterocycles. The first kappa shape index (κ1) is 7.76. The molecule has 0 unspecified atom stereocenters. The number of hydrogen-bond acceptors (Lipinski definition) is 1. The van der Waals surface area contributed by atoms with Gasteiger partial charge in [-0.25, -0.2) is 0 Å². The molecule has 0 amide bonds. The number of phenolic OH excluding ortho intramolecular Hbond substituents is 1. The molecule has 47 valence electrons. The van der Waals surface area contributed by atoms with E-state index in [1.807, 2.05) is 6.07 Å². The molecule has 0 bridgehead atoms. The van der Waals surface area contributed by atoms with Gasteiger partial charge in [0, 0.05) is 22.4 Å². The smallest absolute Gasteiger partial charge is 0.115 e. The fourth-order valence-electron chi connectivity index (χ4n) is 0.428. The fraction of sp³-hybridized carbons (Fsp3) is 0. The molecule has 0 aliphatic rings. The van der Waals surface area contributed by atoms with Crippen molar-refractivity contribution in [3.05, 3.63) is 30.3 Å². The molecule has 0 aromatic heterocycles. The van der Waals surface area contributed by atoms with Crippen molar-refractivity contribution in [3.63, 3.8) is 0 Å². The minimum atomic E-state index is 0. The molecule has 0 saturated carbocycles. The normalized spacial score (nSPS) is 7.50. The summed E-state index contributed by atoms with van der Waals surface area (Å²) in [4.78, 5) is 0. The van der Waals surface area contributed by atoms with Crippen molar-refractivity contribution in [1.29, 1.82) is 0 Å². The molecule has 1 aromatic carbocycles. The summed E-state index contributed by atoms with van der Waals surface area (Å²) in [5.41, 5.74) is 0. The molecule has 1 radical (unpaired) electrons. The third-order valence-electron chi connectivity index (χ3n) is 0.756. The maximum Gasteiger partial charge on any atom is 0.115 e. The van der Waals surface area contributed by atoms with Crippen molar-refractivity contribution < 1.29 is 27.5 Å². The zero-order valence-electron chi connectivity index (χ0n) is 4.14. The van der Waals surface area contributed by atoms with Gasteiger partial charge in [0.2, 0.25) is 0 Å². The van der Waals surface area contributed by atoms with Crippen LogP contribution in [0.3, 0.4) is 0 Å². The Labute approximate surface area is 63.9 Å². The van der Waals surface area contributed by atoms with Crippen LogP contribution < -0.4 is 0 Å². The number of benzene rings is 1. The van der Waals surface area contributed by atoms with E-state index in [9.17, 15) is 0 Å². The second-order valence-corrected chi connectivity index (χ2v) is 1.34. The molecule has 8 heavy (non-hydrogen) atoms. The predicted octanol–water partition coefficient (Wildman–Crippen LogP) is 1.39. The van der Waals surface area contributed by atoms with Gasteiger partial charge in [-0.2, -0.15) is 0 Å². The fourth-order valence-corrected chi connectivity index (χ4v) is 0.428. The van der Waals surface area contributed by atoms with E-state index >= 15 is 0 Å². The predicted molar refractivity (Wildman–Crippen MR) is 28.1 cm³/mol. The van der Waals surface area contributed by atoms with Gasteiger partial charge < -0.3 is 5.11 Å². The van der Waals surface area contributed by atoms with Gasteiger partial charge in [-0.15, -0.1) is 0 Å². The molecule has 2 heteroatoms. The average molecular weight is 202 g/mol. The van der Waals surface area contributed by atoms with E-state index in [-0.39, 0.29) is 22.4 Å². The van der Waals surface area contributed by atoms with Crippen molar-refractivity contribution in [2.24, 2.45) is 0 Å². The first-order valence-electron chi connectivity index (χ1n) is 2.13. The van der Waals surface area contributed by atoms with E-state index in [1.165, 1.54) is 0 Å². The number of phenols is 1. The summed E-state index contributed by atoms with van der Waals surface area (Å²) in [5.74, 6) is 0.322. The zero-order valence-corrected chi connectivity index (χ0v) is 5.62. The van der Waals surface area contributed by atoms with Crippen molar-refractivity contribution in [3.8, 4) is 5.75 Å². The van der Waals surface area contributed by atoms with Crippen LogP contribution in [0, 0.1) is 0 Å². The number of para-hydroxylation sites is 1. The molecule has 1 nitrogen and oxygen atoms in total. The van der Waals surface area contributed by atoms with Gasteiger partial charge in [0.15, 0.2) is 0 Å². The molecule has 1 aromatic rings. The summed E-state index contributed by atoms with van der Waals surface area (Å²) in [5, 5.41) is 8.63. The Bertz CT molecular complexity index is 138. The summed E-state index contributed by atoms with van der Waals surface area (Å²) in [6.45, 7) is 0. The number of hydrogen-bond donors (Lipinski definition) is 1. The van der Waals surface area contributed by atoms with Crippen LogP contribution in [-0.2, 0) is 22.4 Å². The second kappa shape index (κ2) is 3.72. The topological polar surface area (TPSA) is 20.2 Å². The molecular weight excluding hydrogens is 196 g/mol. The van der Waals surface area contributed by atoms with Crippen LogP contribution in [0.15, 0.2) is 30.3 Å². The Kier molecular flexibility index (Phi) is 3.61. The van der Waals surface area contributed by atoms with Gasteiger partial charge >= 0.3 is 0 Å².